The largest absolute Gasteiger partial charge is 0.341 e. The summed E-state index contributed by atoms with van der Waals surface area (Å²) in [6, 6.07) is 1.09. The van der Waals surface area contributed by atoms with Gasteiger partial charge in [-0.2, -0.15) is 0 Å². The second-order valence-electron chi connectivity index (χ2n) is 14.0. The minimum atomic E-state index is -0.0443. The van der Waals surface area contributed by atoms with E-state index in [-0.39, 0.29) is 6.04 Å². The van der Waals surface area contributed by atoms with Crippen LogP contribution in [0.3, 0.4) is 0 Å². The molecule has 4 fully saturated rings. The molecule has 1 spiro atoms. The van der Waals surface area contributed by atoms with Crippen molar-refractivity contribution in [3.63, 3.8) is 0 Å². The summed E-state index contributed by atoms with van der Waals surface area (Å²) >= 11 is 0. The van der Waals surface area contributed by atoms with Crippen LogP contribution < -0.4 is 5.32 Å². The van der Waals surface area contributed by atoms with Gasteiger partial charge in [-0.3, -0.25) is 4.79 Å². The number of likely N-dealkylation sites (tertiary alicyclic amines) is 1. The Labute approximate surface area is 215 Å². The van der Waals surface area contributed by atoms with Gasteiger partial charge in [-0.05, 0) is 126 Å². The molecule has 0 aromatic heterocycles. The summed E-state index contributed by atoms with van der Waals surface area (Å²) in [6.07, 6.45) is 15.4. The zero-order chi connectivity index (χ0) is 25.1. The molecule has 35 heavy (non-hydrogen) atoms. The molecule has 1 aliphatic heterocycles. The second kappa shape index (κ2) is 9.46. The lowest BCUT2D eigenvalue weighted by molar-refractivity contribution is -0.135. The van der Waals surface area contributed by atoms with Crippen molar-refractivity contribution in [2.24, 2.45) is 40.4 Å². The number of carbonyl (C=O) groups excluding carboxylic acids is 1. The Morgan fingerprint density at radius 2 is 1.89 bits per heavy atom. The highest BCUT2D eigenvalue weighted by Gasteiger charge is 2.64. The summed E-state index contributed by atoms with van der Waals surface area (Å²) in [5, 5.41) is 3.31. The van der Waals surface area contributed by atoms with Gasteiger partial charge in [0.25, 0.3) is 0 Å². The molecule has 4 heteroatoms. The number of nitrogens with zero attached hydrogens (tertiary/aromatic N) is 2. The van der Waals surface area contributed by atoms with Gasteiger partial charge in [-0.15, -0.1) is 0 Å². The van der Waals surface area contributed by atoms with Crippen molar-refractivity contribution in [3.05, 3.63) is 11.6 Å². The molecule has 1 saturated heterocycles. The first kappa shape index (κ1) is 25.8. The topological polar surface area (TPSA) is 35.6 Å². The van der Waals surface area contributed by atoms with E-state index < -0.39 is 0 Å². The van der Waals surface area contributed by atoms with Crippen molar-refractivity contribution in [1.82, 2.24) is 15.1 Å². The number of rotatable bonds is 6. The Kier molecular flexibility index (Phi) is 6.96. The number of allylic oxidation sites excluding steroid dienone is 1. The lowest BCUT2D eigenvalue weighted by atomic mass is 9.47. The first-order valence-electron chi connectivity index (χ1n) is 15.0. The van der Waals surface area contributed by atoms with Crippen molar-refractivity contribution >= 4 is 5.91 Å². The number of amides is 1. The summed E-state index contributed by atoms with van der Waals surface area (Å²) in [5.74, 6) is 4.55. The van der Waals surface area contributed by atoms with E-state index >= 15 is 0 Å². The van der Waals surface area contributed by atoms with Crippen LogP contribution in [0.4, 0.5) is 0 Å². The molecular formula is C31H53N3O. The van der Waals surface area contributed by atoms with Crippen molar-refractivity contribution in [2.45, 2.75) is 110 Å². The first-order valence-corrected chi connectivity index (χ1v) is 15.0. The van der Waals surface area contributed by atoms with Crippen LogP contribution in [0.15, 0.2) is 11.6 Å². The standard InChI is InChI=1S/C31H53N3O/c1-20(2)8-13-28(32-5)29(35)34(7)23-14-16-30(4)22(18-23)9-10-24-26(30)15-17-31-19-33(6)21(3)25(31)11-12-27(24)31/h9,20-21,23-28,32H,8,10-19H2,1-7H3/t21-,23-,24+,25+,26?,27-,28+,30-,31-/m0/s1. The maximum absolute atomic E-state index is 13.4. The fraction of sp³-hybridized carbons (Fsp3) is 0.903. The van der Waals surface area contributed by atoms with E-state index in [0.717, 1.165) is 55.4 Å². The van der Waals surface area contributed by atoms with E-state index in [4.69, 9.17) is 0 Å². The molecule has 5 aliphatic rings. The van der Waals surface area contributed by atoms with E-state index in [2.05, 4.69) is 63.0 Å². The monoisotopic (exact) mass is 483 g/mol. The van der Waals surface area contributed by atoms with Crippen LogP contribution in [-0.4, -0.2) is 61.5 Å². The molecule has 5 rings (SSSR count). The van der Waals surface area contributed by atoms with Gasteiger partial charge >= 0.3 is 0 Å². The predicted molar refractivity (Wildman–Crippen MR) is 145 cm³/mol. The van der Waals surface area contributed by atoms with Crippen molar-refractivity contribution in [1.29, 1.82) is 0 Å². The maximum Gasteiger partial charge on any atom is 0.239 e. The van der Waals surface area contributed by atoms with E-state index in [9.17, 15) is 4.79 Å². The van der Waals surface area contributed by atoms with Crippen LogP contribution in [0, 0.1) is 40.4 Å². The fourth-order valence-electron chi connectivity index (χ4n) is 10.1. The Balaban J connectivity index is 1.30. The molecule has 9 atom stereocenters. The lowest BCUT2D eigenvalue weighted by Crippen LogP contribution is -2.54. The molecule has 1 unspecified atom stereocenters. The van der Waals surface area contributed by atoms with Crippen molar-refractivity contribution < 1.29 is 4.79 Å². The quantitative estimate of drug-likeness (QED) is 0.490. The molecule has 4 aliphatic carbocycles. The van der Waals surface area contributed by atoms with E-state index in [1.165, 1.54) is 45.1 Å². The van der Waals surface area contributed by atoms with Crippen LogP contribution in [0.5, 0.6) is 0 Å². The van der Waals surface area contributed by atoms with Crippen LogP contribution in [-0.2, 0) is 4.79 Å². The molecule has 1 amide bonds. The highest BCUT2D eigenvalue weighted by molar-refractivity contribution is 5.82. The number of carbonyl (C=O) groups is 1. The summed E-state index contributed by atoms with van der Waals surface area (Å²) in [7, 11) is 6.40. The van der Waals surface area contributed by atoms with Gasteiger partial charge in [0.15, 0.2) is 0 Å². The van der Waals surface area contributed by atoms with Gasteiger partial charge in [0.1, 0.15) is 0 Å². The normalized spacial score (nSPS) is 43.7. The molecule has 0 bridgehead atoms. The lowest BCUT2D eigenvalue weighted by Gasteiger charge is -2.58. The molecule has 0 aromatic rings. The first-order chi connectivity index (χ1) is 16.6. The minimum Gasteiger partial charge on any atom is -0.341 e. The third kappa shape index (κ3) is 4.04. The average molecular weight is 484 g/mol. The molecule has 1 N–H and O–H groups in total. The van der Waals surface area contributed by atoms with Crippen LogP contribution in [0.1, 0.15) is 91.9 Å². The number of hydrogen-bond donors (Lipinski definition) is 1. The highest BCUT2D eigenvalue weighted by atomic mass is 16.2. The zero-order valence-electron chi connectivity index (χ0n) is 23.8. The highest BCUT2D eigenvalue weighted by Crippen LogP contribution is 2.68. The minimum absolute atomic E-state index is 0.0443. The van der Waals surface area contributed by atoms with Crippen molar-refractivity contribution in [3.8, 4) is 0 Å². The number of fused-ring (bicyclic) bond motifs is 4. The zero-order valence-corrected chi connectivity index (χ0v) is 23.8. The third-order valence-electron chi connectivity index (χ3n) is 12.3. The van der Waals surface area contributed by atoms with Gasteiger partial charge in [0.05, 0.1) is 6.04 Å². The Bertz CT molecular complexity index is 837. The smallest absolute Gasteiger partial charge is 0.239 e. The number of hydrogen-bond acceptors (Lipinski definition) is 3. The predicted octanol–water partition coefficient (Wildman–Crippen LogP) is 5.73. The van der Waals surface area contributed by atoms with Crippen LogP contribution >= 0.6 is 0 Å². The molecule has 3 saturated carbocycles. The van der Waals surface area contributed by atoms with Crippen LogP contribution in [0.2, 0.25) is 0 Å². The average Bonchev–Trinajstić information content (AvgIpc) is 3.31. The maximum atomic E-state index is 13.4. The summed E-state index contributed by atoms with van der Waals surface area (Å²) < 4.78 is 0. The fourth-order valence-corrected chi connectivity index (χ4v) is 10.1. The van der Waals surface area contributed by atoms with Gasteiger partial charge in [-0.25, -0.2) is 0 Å². The second-order valence-corrected chi connectivity index (χ2v) is 14.0. The molecule has 198 valence electrons. The molecule has 0 aromatic carbocycles. The Morgan fingerprint density at radius 3 is 2.60 bits per heavy atom. The Hall–Kier alpha value is -0.870. The van der Waals surface area contributed by atoms with Crippen molar-refractivity contribution in [2.75, 3.05) is 27.7 Å². The molecule has 1 heterocycles. The molecular weight excluding hydrogens is 430 g/mol. The van der Waals surface area contributed by atoms with Gasteiger partial charge in [0, 0.05) is 25.7 Å². The molecule has 0 radical (unpaired) electrons. The van der Waals surface area contributed by atoms with E-state index in [1.54, 1.807) is 5.57 Å². The molecule has 4 nitrogen and oxygen atoms in total. The number of nitrogens with one attached hydrogen (secondary N) is 1. The van der Waals surface area contributed by atoms with Gasteiger partial charge in [0.2, 0.25) is 5.91 Å². The summed E-state index contributed by atoms with van der Waals surface area (Å²) in [6.45, 7) is 10.9. The van der Waals surface area contributed by atoms with E-state index in [0.29, 0.717) is 28.7 Å². The summed E-state index contributed by atoms with van der Waals surface area (Å²) in [5.41, 5.74) is 2.67. The number of likely N-dealkylation sites (N-methyl/N-ethyl adjacent to an activating group) is 2. The SMILES string of the molecule is CN[C@H](CCC(C)C)C(=O)N(C)[C@H]1CC[C@@]2(C)C(=CC[C@@H]3C2CC[C@]24CN(C)[C@@H](C)[C@H]2CC[C@@H]34)C1. The Morgan fingerprint density at radius 1 is 1.14 bits per heavy atom. The summed E-state index contributed by atoms with van der Waals surface area (Å²) in [4.78, 5) is 18.2. The van der Waals surface area contributed by atoms with E-state index in [1.807, 2.05) is 7.05 Å². The van der Waals surface area contributed by atoms with Gasteiger partial charge < -0.3 is 15.1 Å². The van der Waals surface area contributed by atoms with Crippen LogP contribution in [0.25, 0.3) is 0 Å². The van der Waals surface area contributed by atoms with Gasteiger partial charge in [-0.1, -0.05) is 32.4 Å². The third-order valence-corrected chi connectivity index (χ3v) is 12.3.